The first-order valence-electron chi connectivity index (χ1n) is 10.8. The topological polar surface area (TPSA) is 66.4 Å². The summed E-state index contributed by atoms with van der Waals surface area (Å²) in [5, 5.41) is 0.600. The lowest BCUT2D eigenvalue weighted by molar-refractivity contribution is 0.588. The fourth-order valence-electron chi connectivity index (χ4n) is 4.07. The number of anilines is 2. The third-order valence-electron chi connectivity index (χ3n) is 5.79. The molecule has 0 amide bonds. The van der Waals surface area contributed by atoms with E-state index in [9.17, 15) is 8.42 Å². The van der Waals surface area contributed by atoms with E-state index >= 15 is 0 Å². The molecule has 0 unspecified atom stereocenters. The Hall–Kier alpha value is -3.16. The van der Waals surface area contributed by atoms with E-state index in [4.69, 9.17) is 16.6 Å². The van der Waals surface area contributed by atoms with Crippen molar-refractivity contribution >= 4 is 44.0 Å². The summed E-state index contributed by atoms with van der Waals surface area (Å²) in [4.78, 5) is 13.7. The second-order valence-corrected chi connectivity index (χ2v) is 10.4. The third kappa shape index (κ3) is 4.65. The van der Waals surface area contributed by atoms with Crippen molar-refractivity contribution in [3.63, 3.8) is 0 Å². The van der Waals surface area contributed by atoms with Crippen molar-refractivity contribution in [1.82, 2.24) is 9.97 Å². The lowest BCUT2D eigenvalue weighted by atomic mass is 10.2. The molecule has 1 aliphatic rings. The molecule has 1 aliphatic heterocycles. The first-order chi connectivity index (χ1) is 16.0. The highest BCUT2D eigenvalue weighted by atomic mass is 35.5. The smallest absolute Gasteiger partial charge is 0.203 e. The monoisotopic (exact) mass is 478 g/mol. The van der Waals surface area contributed by atoms with Crippen molar-refractivity contribution in [1.29, 1.82) is 0 Å². The van der Waals surface area contributed by atoms with Gasteiger partial charge >= 0.3 is 0 Å². The zero-order valence-electron chi connectivity index (χ0n) is 17.9. The van der Waals surface area contributed by atoms with E-state index in [2.05, 4.69) is 22.0 Å². The fraction of sp³-hybridized carbons (Fsp3) is 0.200. The average Bonchev–Trinajstić information content (AvgIpc) is 2.85. The molecule has 5 rings (SSSR count). The van der Waals surface area contributed by atoms with Gasteiger partial charge in [0.15, 0.2) is 10.8 Å². The first kappa shape index (κ1) is 21.7. The molecule has 4 aromatic rings. The van der Waals surface area contributed by atoms with Crippen molar-refractivity contribution in [2.24, 2.45) is 0 Å². The predicted molar refractivity (Wildman–Crippen MR) is 133 cm³/mol. The van der Waals surface area contributed by atoms with E-state index in [1.807, 2.05) is 41.3 Å². The summed E-state index contributed by atoms with van der Waals surface area (Å²) in [7, 11) is -3.74. The van der Waals surface area contributed by atoms with Crippen LogP contribution in [0, 0.1) is 0 Å². The van der Waals surface area contributed by atoms with Crippen LogP contribution in [0.1, 0.15) is 5.56 Å². The predicted octanol–water partition coefficient (Wildman–Crippen LogP) is 4.58. The Morgan fingerprint density at radius 3 is 1.97 bits per heavy atom. The van der Waals surface area contributed by atoms with Gasteiger partial charge < -0.3 is 9.80 Å². The molecule has 0 radical (unpaired) electrons. The van der Waals surface area contributed by atoms with Gasteiger partial charge in [0.25, 0.3) is 0 Å². The van der Waals surface area contributed by atoms with E-state index in [1.54, 1.807) is 30.3 Å². The van der Waals surface area contributed by atoms with Crippen LogP contribution in [0.2, 0.25) is 5.02 Å². The van der Waals surface area contributed by atoms with Gasteiger partial charge in [0.2, 0.25) is 9.84 Å². The van der Waals surface area contributed by atoms with E-state index in [1.165, 1.54) is 0 Å². The molecule has 0 bridgehead atoms. The number of para-hydroxylation sites is 3. The molecule has 1 aromatic heterocycles. The molecule has 0 N–H and O–H groups in total. The summed E-state index contributed by atoms with van der Waals surface area (Å²) in [6.07, 6.45) is 0. The Kier molecular flexibility index (Phi) is 5.91. The lowest BCUT2D eigenvalue weighted by Crippen LogP contribution is -2.47. The van der Waals surface area contributed by atoms with Gasteiger partial charge in [-0.3, -0.25) is 0 Å². The van der Waals surface area contributed by atoms with Gasteiger partial charge in [-0.05, 0) is 42.0 Å². The Bertz CT molecular complexity index is 1370. The maximum atomic E-state index is 13.5. The van der Waals surface area contributed by atoms with Gasteiger partial charge in [0.1, 0.15) is 0 Å². The molecule has 0 saturated carbocycles. The standard InChI is InChI=1S/C25H23ClN4O2S/c26-20-12-10-19(11-13-20)18-33(31,32)25-24(27-22-8-4-5-9-23(22)28-25)30-16-14-29(15-17-30)21-6-2-1-3-7-21/h1-13H,14-18H2. The van der Waals surface area contributed by atoms with Crippen LogP contribution in [0.25, 0.3) is 11.0 Å². The van der Waals surface area contributed by atoms with Crippen LogP contribution >= 0.6 is 11.6 Å². The first-order valence-corrected chi connectivity index (χ1v) is 12.8. The lowest BCUT2D eigenvalue weighted by Gasteiger charge is -2.37. The van der Waals surface area contributed by atoms with Crippen LogP contribution in [0.5, 0.6) is 0 Å². The van der Waals surface area contributed by atoms with Crippen LogP contribution in [-0.2, 0) is 15.6 Å². The summed E-state index contributed by atoms with van der Waals surface area (Å²) in [5.74, 6) is 0.268. The number of benzene rings is 3. The van der Waals surface area contributed by atoms with E-state index < -0.39 is 9.84 Å². The molecule has 8 heteroatoms. The van der Waals surface area contributed by atoms with Gasteiger partial charge in [-0.2, -0.15) is 0 Å². The molecule has 3 aromatic carbocycles. The minimum Gasteiger partial charge on any atom is -0.368 e. The molecule has 33 heavy (non-hydrogen) atoms. The van der Waals surface area contributed by atoms with E-state index in [-0.39, 0.29) is 10.8 Å². The van der Waals surface area contributed by atoms with Crippen LogP contribution in [0.15, 0.2) is 83.9 Å². The van der Waals surface area contributed by atoms with Crippen LogP contribution < -0.4 is 9.80 Å². The summed E-state index contributed by atoms with van der Waals surface area (Å²) >= 11 is 5.97. The molecule has 0 spiro atoms. The number of halogens is 1. The largest absolute Gasteiger partial charge is 0.368 e. The quantitative estimate of drug-likeness (QED) is 0.418. The number of rotatable bonds is 5. The normalized spacial score (nSPS) is 14.6. The number of sulfone groups is 1. The zero-order chi connectivity index (χ0) is 22.8. The SMILES string of the molecule is O=S(=O)(Cc1ccc(Cl)cc1)c1nc2ccccc2nc1N1CCN(c2ccccc2)CC1. The molecule has 2 heterocycles. The summed E-state index contributed by atoms with van der Waals surface area (Å²) in [6, 6.07) is 24.5. The number of hydrogen-bond acceptors (Lipinski definition) is 6. The zero-order valence-corrected chi connectivity index (χ0v) is 19.5. The van der Waals surface area contributed by atoms with Gasteiger partial charge in [0.05, 0.1) is 16.8 Å². The van der Waals surface area contributed by atoms with Crippen LogP contribution in [-0.4, -0.2) is 44.6 Å². The van der Waals surface area contributed by atoms with E-state index in [0.717, 1.165) is 18.8 Å². The second-order valence-electron chi connectivity index (χ2n) is 8.04. The molecule has 1 fully saturated rings. The molecular formula is C25H23ClN4O2S. The van der Waals surface area contributed by atoms with Crippen molar-refractivity contribution in [2.45, 2.75) is 10.8 Å². The number of nitrogens with zero attached hydrogens (tertiary/aromatic N) is 4. The highest BCUT2D eigenvalue weighted by Crippen LogP contribution is 2.29. The molecule has 6 nitrogen and oxygen atoms in total. The Labute approximate surface area is 198 Å². The minimum atomic E-state index is -3.74. The summed E-state index contributed by atoms with van der Waals surface area (Å²) < 4.78 is 27.0. The van der Waals surface area contributed by atoms with Gasteiger partial charge in [-0.1, -0.05) is 54.1 Å². The Morgan fingerprint density at radius 2 is 1.30 bits per heavy atom. The number of hydrogen-bond donors (Lipinski definition) is 0. The van der Waals surface area contributed by atoms with Crippen LogP contribution in [0.3, 0.4) is 0 Å². The highest BCUT2D eigenvalue weighted by Gasteiger charge is 2.29. The molecule has 168 valence electrons. The fourth-order valence-corrected chi connectivity index (χ4v) is 5.66. The minimum absolute atomic E-state index is 0.0318. The Morgan fingerprint density at radius 1 is 0.727 bits per heavy atom. The molecule has 0 aliphatic carbocycles. The summed E-state index contributed by atoms with van der Waals surface area (Å²) in [5.41, 5.74) is 3.08. The van der Waals surface area contributed by atoms with Gasteiger partial charge in [-0.25, -0.2) is 18.4 Å². The number of aromatic nitrogens is 2. The second kappa shape index (κ2) is 9.00. The van der Waals surface area contributed by atoms with Gasteiger partial charge in [0, 0.05) is 36.9 Å². The number of fused-ring (bicyclic) bond motifs is 1. The Balaban J connectivity index is 1.49. The molecule has 1 saturated heterocycles. The average molecular weight is 479 g/mol. The van der Waals surface area contributed by atoms with Crippen molar-refractivity contribution in [2.75, 3.05) is 36.0 Å². The van der Waals surface area contributed by atoms with E-state index in [0.29, 0.717) is 40.5 Å². The maximum absolute atomic E-state index is 13.5. The highest BCUT2D eigenvalue weighted by molar-refractivity contribution is 7.90. The van der Waals surface area contributed by atoms with Crippen molar-refractivity contribution in [3.05, 3.63) is 89.4 Å². The van der Waals surface area contributed by atoms with Crippen LogP contribution in [0.4, 0.5) is 11.5 Å². The van der Waals surface area contributed by atoms with Crippen molar-refractivity contribution < 1.29 is 8.42 Å². The molecular weight excluding hydrogens is 456 g/mol. The third-order valence-corrected chi connectivity index (χ3v) is 7.61. The van der Waals surface area contributed by atoms with Crippen molar-refractivity contribution in [3.8, 4) is 0 Å². The molecule has 0 atom stereocenters. The summed E-state index contributed by atoms with van der Waals surface area (Å²) in [6.45, 7) is 2.86. The maximum Gasteiger partial charge on any atom is 0.203 e. The number of piperazine rings is 1. The van der Waals surface area contributed by atoms with Gasteiger partial charge in [-0.15, -0.1) is 0 Å².